The Labute approximate surface area is 198 Å². The van der Waals surface area contributed by atoms with Crippen LogP contribution >= 0.6 is 0 Å². The fourth-order valence-electron chi connectivity index (χ4n) is 3.82. The van der Waals surface area contributed by atoms with Crippen LogP contribution in [0.1, 0.15) is 63.6 Å². The molecule has 2 rings (SSSR count). The minimum Gasteiger partial charge on any atom is -0.501 e. The summed E-state index contributed by atoms with van der Waals surface area (Å²) < 4.78 is 20.0. The van der Waals surface area contributed by atoms with E-state index in [9.17, 15) is 9.65 Å². The van der Waals surface area contributed by atoms with Gasteiger partial charge >= 0.3 is 0 Å². The Morgan fingerprint density at radius 3 is 2.55 bits per heavy atom. The number of hydrogen-bond acceptors (Lipinski definition) is 2. The molecule has 0 radical (unpaired) electrons. The van der Waals surface area contributed by atoms with Crippen LogP contribution in [-0.4, -0.2) is 13.3 Å². The first kappa shape index (κ1) is 25.9. The molecule has 0 spiro atoms. The van der Waals surface area contributed by atoms with Gasteiger partial charge in [-0.2, -0.15) is 5.26 Å². The molecule has 0 aliphatic heterocycles. The van der Waals surface area contributed by atoms with Crippen LogP contribution in [0.25, 0.3) is 11.6 Å². The molecule has 1 atom stereocenters. The molecule has 0 bridgehead atoms. The van der Waals surface area contributed by atoms with Crippen LogP contribution in [0.4, 0.5) is 4.39 Å². The summed E-state index contributed by atoms with van der Waals surface area (Å²) in [5.41, 5.74) is 8.07. The van der Waals surface area contributed by atoms with Gasteiger partial charge in [-0.3, -0.25) is 0 Å². The van der Waals surface area contributed by atoms with Crippen molar-refractivity contribution < 1.29 is 9.13 Å². The van der Waals surface area contributed by atoms with E-state index in [1.165, 1.54) is 0 Å². The van der Waals surface area contributed by atoms with Crippen molar-refractivity contribution in [3.05, 3.63) is 106 Å². The summed E-state index contributed by atoms with van der Waals surface area (Å²) in [5, 5.41) is 9.54. The predicted octanol–water partition coefficient (Wildman–Crippen LogP) is 8.42. The van der Waals surface area contributed by atoms with Crippen molar-refractivity contribution in [1.82, 2.24) is 0 Å². The maximum absolute atomic E-state index is 14.8. The van der Waals surface area contributed by atoms with Crippen molar-refractivity contribution in [3.63, 3.8) is 0 Å². The Morgan fingerprint density at radius 2 is 1.91 bits per heavy atom. The molecule has 0 amide bonds. The van der Waals surface area contributed by atoms with Crippen LogP contribution in [0.5, 0.6) is 0 Å². The highest BCUT2D eigenvalue weighted by Crippen LogP contribution is 2.36. The van der Waals surface area contributed by atoms with E-state index in [2.05, 4.69) is 25.3 Å². The zero-order valence-corrected chi connectivity index (χ0v) is 20.5. The summed E-state index contributed by atoms with van der Waals surface area (Å²) in [6.07, 6.45) is 10.2. The number of halogens is 1. The second-order valence-electron chi connectivity index (χ2n) is 8.43. The van der Waals surface area contributed by atoms with Crippen LogP contribution < -0.4 is 0 Å². The van der Waals surface area contributed by atoms with Crippen molar-refractivity contribution in [2.45, 2.75) is 53.1 Å². The number of nitriles is 1. The number of alkyl halides is 1. The zero-order chi connectivity index (χ0) is 24.5. The van der Waals surface area contributed by atoms with Crippen LogP contribution in [-0.2, 0) is 4.74 Å². The third kappa shape index (κ3) is 7.05. The summed E-state index contributed by atoms with van der Waals surface area (Å²) in [5.74, 6) is 0.841. The molecular formula is C30H34FNO. The van der Waals surface area contributed by atoms with E-state index in [1.54, 1.807) is 7.11 Å². The normalized spacial score (nSPS) is 21.7. The van der Waals surface area contributed by atoms with Crippen molar-refractivity contribution in [1.29, 1.82) is 5.26 Å². The second-order valence-corrected chi connectivity index (χ2v) is 8.43. The van der Waals surface area contributed by atoms with Crippen LogP contribution in [0.2, 0.25) is 0 Å². The first-order valence-electron chi connectivity index (χ1n) is 11.2. The Kier molecular flexibility index (Phi) is 9.43. The molecule has 0 heterocycles. The van der Waals surface area contributed by atoms with Gasteiger partial charge in [0.05, 0.1) is 24.5 Å². The Bertz CT molecular complexity index is 1120. The van der Waals surface area contributed by atoms with Gasteiger partial charge in [-0.15, -0.1) is 0 Å². The molecule has 33 heavy (non-hydrogen) atoms. The quantitative estimate of drug-likeness (QED) is 0.326. The summed E-state index contributed by atoms with van der Waals surface area (Å²) in [6, 6.07) is 7.87. The first-order valence-corrected chi connectivity index (χ1v) is 11.2. The van der Waals surface area contributed by atoms with E-state index in [1.807, 2.05) is 70.2 Å². The molecule has 0 saturated carbocycles. The van der Waals surface area contributed by atoms with Gasteiger partial charge in [0.25, 0.3) is 0 Å². The van der Waals surface area contributed by atoms with E-state index in [4.69, 9.17) is 4.74 Å². The molecule has 1 aromatic rings. The lowest BCUT2D eigenvalue weighted by molar-refractivity contribution is 0.293. The zero-order valence-electron chi connectivity index (χ0n) is 20.5. The van der Waals surface area contributed by atoms with Crippen LogP contribution in [0.15, 0.2) is 89.3 Å². The van der Waals surface area contributed by atoms with Crippen LogP contribution in [0, 0.1) is 11.3 Å². The number of benzene rings is 1. The van der Waals surface area contributed by atoms with Crippen molar-refractivity contribution in [2.24, 2.45) is 0 Å². The van der Waals surface area contributed by atoms with E-state index in [0.717, 1.165) is 50.3 Å². The highest BCUT2D eigenvalue weighted by molar-refractivity contribution is 5.88. The number of ether oxygens (including phenoxy) is 1. The van der Waals surface area contributed by atoms with E-state index in [0.29, 0.717) is 24.8 Å². The molecule has 0 fully saturated rings. The average Bonchev–Trinajstić information content (AvgIpc) is 2.85. The number of methoxy groups -OCH3 is 1. The lowest BCUT2D eigenvalue weighted by Gasteiger charge is -2.19. The standard InChI is InChI=1S/C30H34FNO/c1-8-26-18-28(31)15-20(2)9-10-22(4)30(26)29-17-25(19-32)12-14-27(29)13-11-21(3)23(5)16-24(6)33-7/h9-14,16-17,28H,2,4,8,15,18H2,1,3,5-7H3/b10-9-,13-11-,23-21-,24-16-,30-26+. The predicted molar refractivity (Wildman–Crippen MR) is 138 cm³/mol. The number of hydrogen-bond donors (Lipinski definition) is 0. The number of rotatable bonds is 6. The van der Waals surface area contributed by atoms with Crippen molar-refractivity contribution in [3.8, 4) is 6.07 Å². The fourth-order valence-corrected chi connectivity index (χ4v) is 3.82. The van der Waals surface area contributed by atoms with Gasteiger partial charge in [0.2, 0.25) is 0 Å². The Hall–Kier alpha value is -3.38. The smallest absolute Gasteiger partial charge is 0.108 e. The lowest BCUT2D eigenvalue weighted by Crippen LogP contribution is -2.05. The molecule has 2 nitrogen and oxygen atoms in total. The lowest BCUT2D eigenvalue weighted by atomic mass is 9.86. The molecule has 1 aliphatic rings. The van der Waals surface area contributed by atoms with Gasteiger partial charge in [-0.1, -0.05) is 61.6 Å². The summed E-state index contributed by atoms with van der Waals surface area (Å²) in [7, 11) is 1.65. The highest BCUT2D eigenvalue weighted by Gasteiger charge is 2.19. The first-order chi connectivity index (χ1) is 15.7. The minimum atomic E-state index is -1.00. The van der Waals surface area contributed by atoms with Gasteiger partial charge < -0.3 is 4.74 Å². The van der Waals surface area contributed by atoms with E-state index >= 15 is 0 Å². The Morgan fingerprint density at radius 1 is 1.18 bits per heavy atom. The fraction of sp³-hybridized carbons (Fsp3) is 0.300. The Balaban J connectivity index is 2.69. The maximum Gasteiger partial charge on any atom is 0.108 e. The summed E-state index contributed by atoms with van der Waals surface area (Å²) >= 11 is 0. The number of nitrogens with zero attached hydrogens (tertiary/aromatic N) is 1. The third-order valence-corrected chi connectivity index (χ3v) is 5.90. The topological polar surface area (TPSA) is 33.0 Å². The van der Waals surface area contributed by atoms with E-state index in [-0.39, 0.29) is 0 Å². The molecule has 1 unspecified atom stereocenters. The van der Waals surface area contributed by atoms with E-state index < -0.39 is 6.17 Å². The average molecular weight is 444 g/mol. The molecule has 1 aliphatic carbocycles. The second kappa shape index (κ2) is 12.0. The van der Waals surface area contributed by atoms with Gasteiger partial charge in [0, 0.05) is 12.8 Å². The largest absolute Gasteiger partial charge is 0.501 e. The number of allylic oxidation sites excluding steroid dienone is 11. The van der Waals surface area contributed by atoms with Crippen LogP contribution in [0.3, 0.4) is 0 Å². The third-order valence-electron chi connectivity index (χ3n) is 5.90. The van der Waals surface area contributed by atoms with Crippen molar-refractivity contribution >= 4 is 11.6 Å². The molecular weight excluding hydrogens is 409 g/mol. The van der Waals surface area contributed by atoms with Gasteiger partial charge in [0.15, 0.2) is 0 Å². The summed E-state index contributed by atoms with van der Waals surface area (Å²) in [6.45, 7) is 16.3. The maximum atomic E-state index is 14.8. The van der Waals surface area contributed by atoms with Gasteiger partial charge in [-0.25, -0.2) is 4.39 Å². The SMILES string of the molecule is C=C1/C=C\C(=C)/C(c2cc(C#N)ccc2\C=C/C(C)=C(C)\C=C(\C)OC)=C(/CC)CC(F)C1. The molecule has 0 N–H and O–H groups in total. The molecule has 3 heteroatoms. The molecule has 0 saturated heterocycles. The monoisotopic (exact) mass is 443 g/mol. The van der Waals surface area contributed by atoms with Gasteiger partial charge in [0.1, 0.15) is 6.17 Å². The highest BCUT2D eigenvalue weighted by atomic mass is 19.1. The van der Waals surface area contributed by atoms with Crippen molar-refractivity contribution in [2.75, 3.05) is 7.11 Å². The molecule has 1 aromatic carbocycles. The molecule has 172 valence electrons. The minimum absolute atomic E-state index is 0.309. The molecule has 0 aromatic heterocycles. The van der Waals surface area contributed by atoms with Gasteiger partial charge in [-0.05, 0) is 78.8 Å². The summed E-state index contributed by atoms with van der Waals surface area (Å²) in [4.78, 5) is 0.